The second-order valence-electron chi connectivity index (χ2n) is 7.13. The first-order chi connectivity index (χ1) is 13.0. The number of nitrogens with one attached hydrogen (secondary N) is 2. The molecule has 3 N–H and O–H groups in total. The van der Waals surface area contributed by atoms with E-state index in [2.05, 4.69) is 15.3 Å². The number of aliphatic carboxylic acids is 1. The molecule has 1 saturated carbocycles. The number of aromatic nitrogens is 3. The van der Waals surface area contributed by atoms with E-state index in [1.165, 1.54) is 12.1 Å². The third kappa shape index (κ3) is 2.21. The van der Waals surface area contributed by atoms with Crippen LogP contribution in [0.25, 0.3) is 22.5 Å². The zero-order chi connectivity index (χ0) is 18.8. The van der Waals surface area contributed by atoms with Crippen molar-refractivity contribution in [2.24, 2.45) is 5.41 Å². The Morgan fingerprint density at radius 2 is 2.22 bits per heavy atom. The van der Waals surface area contributed by atoms with Crippen LogP contribution in [-0.4, -0.2) is 26.0 Å². The molecule has 3 heterocycles. The molecule has 3 aromatic rings. The number of halogens is 1. The second-order valence-corrected chi connectivity index (χ2v) is 7.13. The third-order valence-corrected chi connectivity index (χ3v) is 5.75. The van der Waals surface area contributed by atoms with Crippen molar-refractivity contribution in [2.75, 3.05) is 5.32 Å². The number of H-pyrrole nitrogens is 1. The number of nitrogens with zero attached hydrogens (tertiary/aromatic N) is 2. The number of anilines is 2. The van der Waals surface area contributed by atoms with Gasteiger partial charge < -0.3 is 15.4 Å². The van der Waals surface area contributed by atoms with Gasteiger partial charge in [0.25, 0.3) is 0 Å². The molecule has 6 nitrogen and oxygen atoms in total. The van der Waals surface area contributed by atoms with E-state index in [0.29, 0.717) is 35.9 Å². The zero-order valence-electron chi connectivity index (χ0n) is 14.6. The van der Waals surface area contributed by atoms with Crippen LogP contribution in [0.4, 0.5) is 15.9 Å². The summed E-state index contributed by atoms with van der Waals surface area (Å²) >= 11 is 0. The highest BCUT2D eigenvalue weighted by Gasteiger charge is 2.61. The van der Waals surface area contributed by atoms with Gasteiger partial charge in [-0.1, -0.05) is 6.92 Å². The summed E-state index contributed by atoms with van der Waals surface area (Å²) in [6.07, 6.45) is 2.79. The number of benzene rings is 1. The Morgan fingerprint density at radius 1 is 1.37 bits per heavy atom. The fourth-order valence-electron chi connectivity index (χ4n) is 4.05. The van der Waals surface area contributed by atoms with Gasteiger partial charge >= 0.3 is 5.97 Å². The number of imidazole rings is 1. The molecule has 1 aliphatic carbocycles. The van der Waals surface area contributed by atoms with Crippen molar-refractivity contribution in [3.05, 3.63) is 48.2 Å². The minimum absolute atomic E-state index is 0.149. The van der Waals surface area contributed by atoms with E-state index in [0.717, 1.165) is 16.8 Å². The van der Waals surface area contributed by atoms with Crippen molar-refractivity contribution < 1.29 is 14.3 Å². The van der Waals surface area contributed by atoms with Gasteiger partial charge in [0.15, 0.2) is 0 Å². The third-order valence-electron chi connectivity index (χ3n) is 5.75. The topological polar surface area (TPSA) is 90.9 Å². The van der Waals surface area contributed by atoms with Gasteiger partial charge in [-0.25, -0.2) is 14.4 Å². The molecular weight excluding hydrogens is 347 g/mol. The first-order valence-electron chi connectivity index (χ1n) is 8.89. The normalized spacial score (nSPS) is 22.1. The van der Waals surface area contributed by atoms with Gasteiger partial charge in [-0.05, 0) is 43.2 Å². The van der Waals surface area contributed by atoms with Gasteiger partial charge in [0.2, 0.25) is 0 Å². The van der Waals surface area contributed by atoms with Crippen LogP contribution in [0.15, 0.2) is 36.5 Å². The van der Waals surface area contributed by atoms with Crippen molar-refractivity contribution in [1.82, 2.24) is 15.0 Å². The number of carbonyl (C=O) groups is 1. The number of hydrogen-bond donors (Lipinski definition) is 3. The number of rotatable bonds is 3. The molecule has 0 amide bonds. The summed E-state index contributed by atoms with van der Waals surface area (Å²) in [5, 5.41) is 12.8. The predicted octanol–water partition coefficient (Wildman–Crippen LogP) is 4.30. The maximum atomic E-state index is 13.8. The van der Waals surface area contributed by atoms with Gasteiger partial charge in [-0.3, -0.25) is 4.79 Å². The van der Waals surface area contributed by atoms with Crippen molar-refractivity contribution in [1.29, 1.82) is 0 Å². The van der Waals surface area contributed by atoms with Crippen LogP contribution in [0.1, 0.15) is 31.5 Å². The highest BCUT2D eigenvalue weighted by molar-refractivity contribution is 5.94. The summed E-state index contributed by atoms with van der Waals surface area (Å²) in [6.45, 7) is 1.89. The molecule has 2 aromatic heterocycles. The van der Waals surface area contributed by atoms with E-state index in [-0.39, 0.29) is 11.7 Å². The van der Waals surface area contributed by atoms with Crippen molar-refractivity contribution in [3.63, 3.8) is 0 Å². The molecule has 2 aliphatic rings. The SMILES string of the molecule is CC[C@@]1(C(=O)O)C[C@@H]1c1nc2c([nH]1)-c1ccc(F)cc1Nc1ncccc1-2. The summed E-state index contributed by atoms with van der Waals surface area (Å²) in [5.74, 6) is -0.0233. The average Bonchev–Trinajstić information content (AvgIpc) is 3.30. The van der Waals surface area contributed by atoms with E-state index >= 15 is 0 Å². The summed E-state index contributed by atoms with van der Waals surface area (Å²) in [4.78, 5) is 24.2. The van der Waals surface area contributed by atoms with E-state index in [1.807, 2.05) is 19.1 Å². The lowest BCUT2D eigenvalue weighted by Crippen LogP contribution is -2.16. The van der Waals surface area contributed by atoms with E-state index in [4.69, 9.17) is 4.98 Å². The largest absolute Gasteiger partial charge is 0.481 e. The van der Waals surface area contributed by atoms with Crippen LogP contribution in [0, 0.1) is 11.2 Å². The van der Waals surface area contributed by atoms with Crippen molar-refractivity contribution >= 4 is 17.5 Å². The number of fused-ring (bicyclic) bond motifs is 5. The molecule has 1 fully saturated rings. The maximum absolute atomic E-state index is 13.8. The first-order valence-corrected chi connectivity index (χ1v) is 8.89. The van der Waals surface area contributed by atoms with Gasteiger partial charge in [0.05, 0.1) is 16.8 Å². The summed E-state index contributed by atoms with van der Waals surface area (Å²) in [7, 11) is 0. The molecule has 0 saturated heterocycles. The standard InChI is InChI=1S/C20H17FN4O2/c1-2-20(19(26)27)9-13(20)18-24-15-11-6-5-10(21)8-14(11)23-17-12(16(15)25-18)4-3-7-22-17/h3-8,13H,2,9H2,1H3,(H,22,23)(H,24,25)(H,26,27)/t13-,20-/m1/s1. The molecule has 0 bridgehead atoms. The minimum atomic E-state index is -0.784. The lowest BCUT2D eigenvalue weighted by molar-refractivity contribution is -0.143. The second kappa shape index (κ2) is 5.39. The highest BCUT2D eigenvalue weighted by Crippen LogP contribution is 2.61. The number of carboxylic acids is 1. The van der Waals surface area contributed by atoms with Crippen LogP contribution in [0.2, 0.25) is 0 Å². The zero-order valence-corrected chi connectivity index (χ0v) is 14.6. The molecule has 0 unspecified atom stereocenters. The Morgan fingerprint density at radius 3 is 2.96 bits per heavy atom. The molecule has 0 spiro atoms. The summed E-state index contributed by atoms with van der Waals surface area (Å²) < 4.78 is 13.8. The molecule has 5 rings (SSSR count). The smallest absolute Gasteiger partial charge is 0.310 e. The number of hydrogen-bond acceptors (Lipinski definition) is 4. The fourth-order valence-corrected chi connectivity index (χ4v) is 4.05. The minimum Gasteiger partial charge on any atom is -0.481 e. The molecule has 136 valence electrons. The van der Waals surface area contributed by atoms with Crippen molar-refractivity contribution in [3.8, 4) is 22.5 Å². The van der Waals surface area contributed by atoms with Crippen LogP contribution in [0.5, 0.6) is 0 Å². The Kier molecular flexibility index (Phi) is 3.19. The number of carboxylic acid groups (broad SMARTS) is 1. The fraction of sp³-hybridized carbons (Fsp3) is 0.250. The van der Waals surface area contributed by atoms with Crippen LogP contribution in [-0.2, 0) is 4.79 Å². The molecule has 1 aliphatic heterocycles. The Labute approximate surface area is 154 Å². The van der Waals surface area contributed by atoms with E-state index in [9.17, 15) is 14.3 Å². The van der Waals surface area contributed by atoms with E-state index in [1.54, 1.807) is 12.3 Å². The Hall–Kier alpha value is -3.22. The summed E-state index contributed by atoms with van der Waals surface area (Å²) in [5.41, 5.74) is 2.87. The lowest BCUT2D eigenvalue weighted by atomic mass is 10.0. The van der Waals surface area contributed by atoms with Crippen LogP contribution in [0.3, 0.4) is 0 Å². The highest BCUT2D eigenvalue weighted by atomic mass is 19.1. The molecule has 1 aromatic carbocycles. The monoisotopic (exact) mass is 364 g/mol. The molecule has 2 atom stereocenters. The quantitative estimate of drug-likeness (QED) is 0.504. The predicted molar refractivity (Wildman–Crippen MR) is 98.2 cm³/mol. The Bertz CT molecular complexity index is 1090. The maximum Gasteiger partial charge on any atom is 0.310 e. The van der Waals surface area contributed by atoms with E-state index < -0.39 is 11.4 Å². The van der Waals surface area contributed by atoms with Crippen molar-refractivity contribution in [2.45, 2.75) is 25.7 Å². The van der Waals surface area contributed by atoms with Gasteiger partial charge in [0, 0.05) is 23.2 Å². The Balaban J connectivity index is 1.71. The van der Waals surface area contributed by atoms with Gasteiger partial charge in [-0.15, -0.1) is 0 Å². The van der Waals surface area contributed by atoms with Gasteiger partial charge in [0.1, 0.15) is 23.2 Å². The molecule has 27 heavy (non-hydrogen) atoms. The lowest BCUT2D eigenvalue weighted by Gasteiger charge is -2.09. The number of pyridine rings is 1. The van der Waals surface area contributed by atoms with Crippen LogP contribution >= 0.6 is 0 Å². The average molecular weight is 364 g/mol. The van der Waals surface area contributed by atoms with Crippen LogP contribution < -0.4 is 5.32 Å². The number of aromatic amines is 1. The first kappa shape index (κ1) is 16.0. The van der Waals surface area contributed by atoms with Gasteiger partial charge in [-0.2, -0.15) is 0 Å². The molecular formula is C20H17FN4O2. The molecule has 0 radical (unpaired) electrons. The molecule has 7 heteroatoms. The summed E-state index contributed by atoms with van der Waals surface area (Å²) in [6, 6.07) is 8.24.